The number of nitrogens with zero attached hydrogens (tertiary/aromatic N) is 4. The Morgan fingerprint density at radius 1 is 1.39 bits per heavy atom. The summed E-state index contributed by atoms with van der Waals surface area (Å²) >= 11 is 1.39. The summed E-state index contributed by atoms with van der Waals surface area (Å²) in [5.74, 6) is 2.64. The highest BCUT2D eigenvalue weighted by Crippen LogP contribution is 2.37. The first kappa shape index (κ1) is 20.3. The Hall–Kier alpha value is -2.47. The van der Waals surface area contributed by atoms with Gasteiger partial charge in [-0.3, -0.25) is 4.79 Å². The van der Waals surface area contributed by atoms with Crippen LogP contribution in [0.25, 0.3) is 0 Å². The molecule has 2 amide bonds. The molecule has 0 bridgehead atoms. The molecule has 0 atom stereocenters. The first-order valence-electron chi connectivity index (χ1n) is 9.30. The van der Waals surface area contributed by atoms with Gasteiger partial charge >= 0.3 is 6.09 Å². The molecule has 2 aliphatic rings. The molecule has 1 aromatic rings. The summed E-state index contributed by atoms with van der Waals surface area (Å²) in [5.41, 5.74) is -0.0621. The molecular formula is C19H25N5O3S. The Labute approximate surface area is 168 Å². The first-order valence-corrected chi connectivity index (χ1v) is 10.2. The minimum absolute atomic E-state index is 0.109. The summed E-state index contributed by atoms with van der Waals surface area (Å²) < 4.78 is 5.35. The van der Waals surface area contributed by atoms with Crippen molar-refractivity contribution in [3.63, 3.8) is 0 Å². The van der Waals surface area contributed by atoms with Gasteiger partial charge in [-0.1, -0.05) is 0 Å². The quantitative estimate of drug-likeness (QED) is 0.701. The Morgan fingerprint density at radius 3 is 2.71 bits per heavy atom. The lowest BCUT2D eigenvalue weighted by Gasteiger charge is -2.39. The third-order valence-electron chi connectivity index (χ3n) is 4.52. The molecule has 3 heterocycles. The lowest BCUT2D eigenvalue weighted by Crippen LogP contribution is -2.50. The summed E-state index contributed by atoms with van der Waals surface area (Å²) in [5, 5.41) is 13.4. The largest absolute Gasteiger partial charge is 0.444 e. The number of thiazole rings is 1. The van der Waals surface area contributed by atoms with Gasteiger partial charge < -0.3 is 15.0 Å². The molecule has 1 aromatic heterocycles. The molecule has 0 unspecified atom stereocenters. The average molecular weight is 404 g/mol. The van der Waals surface area contributed by atoms with E-state index in [1.54, 1.807) is 4.90 Å². The molecule has 1 N–H and O–H groups in total. The van der Waals surface area contributed by atoms with Crippen molar-refractivity contribution in [2.45, 2.75) is 63.6 Å². The van der Waals surface area contributed by atoms with Gasteiger partial charge in [-0.25, -0.2) is 9.78 Å². The van der Waals surface area contributed by atoms with Crippen LogP contribution in [0.2, 0.25) is 0 Å². The molecule has 0 radical (unpaired) electrons. The Balaban J connectivity index is 1.41. The van der Waals surface area contributed by atoms with Crippen LogP contribution in [0.15, 0.2) is 15.6 Å². The van der Waals surface area contributed by atoms with Gasteiger partial charge in [0.2, 0.25) is 5.91 Å². The van der Waals surface area contributed by atoms with E-state index in [1.165, 1.54) is 11.3 Å². The highest BCUT2D eigenvalue weighted by molar-refractivity contribution is 7.13. The molecule has 0 aromatic carbocycles. The van der Waals surface area contributed by atoms with Crippen LogP contribution in [-0.4, -0.2) is 46.2 Å². The second kappa shape index (κ2) is 7.87. The Bertz CT molecular complexity index is 808. The van der Waals surface area contributed by atoms with Crippen LogP contribution in [0.5, 0.6) is 0 Å². The van der Waals surface area contributed by atoms with Gasteiger partial charge in [-0.05, 0) is 20.8 Å². The van der Waals surface area contributed by atoms with Crippen LogP contribution < -0.4 is 5.32 Å². The summed E-state index contributed by atoms with van der Waals surface area (Å²) in [6, 6.07) is 0. The van der Waals surface area contributed by atoms with Gasteiger partial charge in [0.1, 0.15) is 5.60 Å². The number of nitrogens with one attached hydrogen (secondary N) is 1. The van der Waals surface area contributed by atoms with E-state index in [0.717, 1.165) is 5.69 Å². The minimum atomic E-state index is -0.499. The molecule has 3 rings (SSSR count). The third-order valence-corrected chi connectivity index (χ3v) is 5.30. The number of hydrogen-bond donors (Lipinski definition) is 1. The van der Waals surface area contributed by atoms with Crippen LogP contribution in [0.3, 0.4) is 0 Å². The third kappa shape index (κ3) is 5.29. The van der Waals surface area contributed by atoms with E-state index >= 15 is 0 Å². The highest BCUT2D eigenvalue weighted by Gasteiger charge is 2.39. The highest BCUT2D eigenvalue weighted by atomic mass is 32.1. The molecule has 9 heteroatoms. The molecule has 0 saturated carbocycles. The topological polar surface area (TPSA) is 96.2 Å². The van der Waals surface area contributed by atoms with Crippen LogP contribution in [0.1, 0.15) is 58.1 Å². The van der Waals surface area contributed by atoms with E-state index in [4.69, 9.17) is 11.2 Å². The summed E-state index contributed by atoms with van der Waals surface area (Å²) in [6.45, 7) is 6.69. The fraction of sp³-hybridized carbons (Fsp3) is 0.632. The Kier molecular flexibility index (Phi) is 5.70. The maximum Gasteiger partial charge on any atom is 0.410 e. The zero-order valence-corrected chi connectivity index (χ0v) is 17.2. The fourth-order valence-electron chi connectivity index (χ4n) is 2.84. The van der Waals surface area contributed by atoms with E-state index in [0.29, 0.717) is 43.9 Å². The van der Waals surface area contributed by atoms with E-state index in [2.05, 4.69) is 26.4 Å². The van der Waals surface area contributed by atoms with Gasteiger partial charge in [0, 0.05) is 50.1 Å². The van der Waals surface area contributed by atoms with Crippen molar-refractivity contribution in [3.8, 4) is 12.3 Å². The molecule has 0 spiro atoms. The number of hydrogen-bond acceptors (Lipinski definition) is 7. The molecule has 1 saturated heterocycles. The zero-order valence-electron chi connectivity index (χ0n) is 16.4. The SMILES string of the molecule is C#CCCC1(CCC(=O)Nc2nc(C3CN(C(=O)OC(C)(C)C)C3)cs2)N=N1. The van der Waals surface area contributed by atoms with Crippen LogP contribution >= 0.6 is 11.3 Å². The number of terminal acetylenes is 1. The second-order valence-corrected chi connectivity index (χ2v) is 8.95. The van der Waals surface area contributed by atoms with Crippen molar-refractivity contribution in [2.75, 3.05) is 18.4 Å². The summed E-state index contributed by atoms with van der Waals surface area (Å²) in [7, 11) is 0. The minimum Gasteiger partial charge on any atom is -0.444 e. The van der Waals surface area contributed by atoms with Crippen molar-refractivity contribution in [1.82, 2.24) is 9.88 Å². The predicted octanol–water partition coefficient (Wildman–Crippen LogP) is 3.77. The van der Waals surface area contributed by atoms with Crippen LogP contribution in [0, 0.1) is 12.3 Å². The fourth-order valence-corrected chi connectivity index (χ4v) is 3.64. The maximum absolute atomic E-state index is 12.2. The normalized spacial score (nSPS) is 17.6. The molecular weight excluding hydrogens is 378 g/mol. The van der Waals surface area contributed by atoms with E-state index in [-0.39, 0.29) is 17.9 Å². The number of rotatable bonds is 7. The molecule has 28 heavy (non-hydrogen) atoms. The lowest BCUT2D eigenvalue weighted by atomic mass is 9.98. The van der Waals surface area contributed by atoms with Crippen molar-refractivity contribution in [3.05, 3.63) is 11.1 Å². The van der Waals surface area contributed by atoms with Crippen LogP contribution in [-0.2, 0) is 9.53 Å². The van der Waals surface area contributed by atoms with Gasteiger partial charge in [-0.2, -0.15) is 10.2 Å². The molecule has 2 aliphatic heterocycles. The lowest BCUT2D eigenvalue weighted by molar-refractivity contribution is -0.116. The monoisotopic (exact) mass is 403 g/mol. The van der Waals surface area contributed by atoms with Gasteiger partial charge in [0.15, 0.2) is 10.8 Å². The number of likely N-dealkylation sites (tertiary alicyclic amines) is 1. The number of anilines is 1. The Morgan fingerprint density at radius 2 is 2.11 bits per heavy atom. The standard InChI is InChI=1S/C19H25N5O3S/c1-5-6-8-19(22-23-19)9-7-15(25)21-16-20-14(12-28-16)13-10-24(11-13)17(26)27-18(2,3)4/h1,12-13H,6-11H2,2-4H3,(H,20,21,25). The van der Waals surface area contributed by atoms with Gasteiger partial charge in [-0.15, -0.1) is 23.7 Å². The summed E-state index contributed by atoms with van der Waals surface area (Å²) in [4.78, 5) is 30.3. The second-order valence-electron chi connectivity index (χ2n) is 8.09. The molecule has 8 nitrogen and oxygen atoms in total. The van der Waals surface area contributed by atoms with Crippen molar-refractivity contribution < 1.29 is 14.3 Å². The number of ether oxygens (including phenoxy) is 1. The number of aromatic nitrogens is 1. The van der Waals surface area contributed by atoms with Gasteiger partial charge in [0.25, 0.3) is 0 Å². The number of amides is 2. The van der Waals surface area contributed by atoms with E-state index in [1.807, 2.05) is 26.2 Å². The van der Waals surface area contributed by atoms with Crippen LogP contribution in [0.4, 0.5) is 9.93 Å². The van der Waals surface area contributed by atoms with Crippen molar-refractivity contribution in [2.24, 2.45) is 10.2 Å². The molecule has 1 fully saturated rings. The van der Waals surface area contributed by atoms with Gasteiger partial charge in [0.05, 0.1) is 5.69 Å². The maximum atomic E-state index is 12.2. The predicted molar refractivity (Wildman–Crippen MR) is 106 cm³/mol. The molecule has 150 valence electrons. The molecule has 0 aliphatic carbocycles. The first-order chi connectivity index (χ1) is 13.2. The smallest absolute Gasteiger partial charge is 0.410 e. The summed E-state index contributed by atoms with van der Waals surface area (Å²) in [6.07, 6.45) is 7.14. The van der Waals surface area contributed by atoms with Crippen molar-refractivity contribution >= 4 is 28.5 Å². The van der Waals surface area contributed by atoms with Crippen molar-refractivity contribution in [1.29, 1.82) is 0 Å². The zero-order chi connectivity index (χ0) is 20.4. The average Bonchev–Trinajstić information content (AvgIpc) is 3.19. The van der Waals surface area contributed by atoms with E-state index in [9.17, 15) is 9.59 Å². The van der Waals surface area contributed by atoms with E-state index < -0.39 is 11.3 Å². The number of carbonyl (C=O) groups excluding carboxylic acids is 2. The number of carbonyl (C=O) groups is 2.